The van der Waals surface area contributed by atoms with Crippen LogP contribution in [0.2, 0.25) is 0 Å². The van der Waals surface area contributed by atoms with Crippen molar-refractivity contribution in [2.45, 2.75) is 123 Å². The lowest BCUT2D eigenvalue weighted by molar-refractivity contribution is 0.381. The van der Waals surface area contributed by atoms with Crippen molar-refractivity contribution in [3.05, 3.63) is 6.92 Å². The summed E-state index contributed by atoms with van der Waals surface area (Å²) >= 11 is 0. The maximum atomic E-state index is 3.96. The molecule has 0 saturated carbocycles. The van der Waals surface area contributed by atoms with Gasteiger partial charge >= 0.3 is 0 Å². The van der Waals surface area contributed by atoms with E-state index in [1.165, 1.54) is 103 Å². The highest BCUT2D eigenvalue weighted by atomic mass is 14.1. The summed E-state index contributed by atoms with van der Waals surface area (Å²) in [6, 6.07) is 0. The predicted octanol–water partition coefficient (Wildman–Crippen LogP) is 8.11. The molecule has 0 rings (SSSR count). The molecular formula is C21H43. The molecule has 0 heteroatoms. The molecule has 0 aromatic carbocycles. The van der Waals surface area contributed by atoms with E-state index in [1.807, 2.05) is 0 Å². The Morgan fingerprint density at radius 2 is 1.00 bits per heavy atom. The summed E-state index contributed by atoms with van der Waals surface area (Å²) in [7, 11) is 0. The molecule has 21 heavy (non-hydrogen) atoms. The van der Waals surface area contributed by atoms with Gasteiger partial charge in [-0.05, 0) is 5.92 Å². The van der Waals surface area contributed by atoms with Crippen molar-refractivity contribution >= 4 is 0 Å². The Morgan fingerprint density at radius 3 is 1.48 bits per heavy atom. The predicted molar refractivity (Wildman–Crippen MR) is 98.7 cm³/mol. The molecule has 0 aliphatic carbocycles. The van der Waals surface area contributed by atoms with Crippen LogP contribution in [0.3, 0.4) is 0 Å². The van der Waals surface area contributed by atoms with Gasteiger partial charge in [-0.15, -0.1) is 0 Å². The fraction of sp³-hybridized carbons (Fsp3) is 0.952. The van der Waals surface area contributed by atoms with Crippen LogP contribution in [0.25, 0.3) is 0 Å². The van der Waals surface area contributed by atoms with Crippen LogP contribution >= 0.6 is 0 Å². The standard InChI is InChI=1S/C21H43/c1-4-7-9-10-11-12-13-14-15-17-20-21(18-6-3)19-16-8-5-2/h21H,2,4-20H2,1,3H3. The molecule has 127 valence electrons. The summed E-state index contributed by atoms with van der Waals surface area (Å²) in [5.74, 6) is 1.01. The van der Waals surface area contributed by atoms with E-state index in [2.05, 4.69) is 20.8 Å². The molecule has 0 aliphatic rings. The lowest BCUT2D eigenvalue weighted by atomic mass is 9.91. The number of hydrogen-bond donors (Lipinski definition) is 0. The van der Waals surface area contributed by atoms with Crippen LogP contribution in [0.1, 0.15) is 123 Å². The van der Waals surface area contributed by atoms with Crippen molar-refractivity contribution in [3.8, 4) is 0 Å². The zero-order chi connectivity index (χ0) is 15.6. The third-order valence-corrected chi connectivity index (χ3v) is 4.78. The van der Waals surface area contributed by atoms with Crippen LogP contribution in [0, 0.1) is 12.8 Å². The van der Waals surface area contributed by atoms with Crippen molar-refractivity contribution in [2.75, 3.05) is 0 Å². The molecule has 1 radical (unpaired) electrons. The summed E-state index contributed by atoms with van der Waals surface area (Å²) in [6.45, 7) is 8.59. The zero-order valence-electron chi connectivity index (χ0n) is 15.3. The first-order valence-corrected chi connectivity index (χ1v) is 10.1. The summed E-state index contributed by atoms with van der Waals surface area (Å²) < 4.78 is 0. The van der Waals surface area contributed by atoms with E-state index in [9.17, 15) is 0 Å². The van der Waals surface area contributed by atoms with Gasteiger partial charge < -0.3 is 0 Å². The van der Waals surface area contributed by atoms with Crippen molar-refractivity contribution in [1.82, 2.24) is 0 Å². The highest BCUT2D eigenvalue weighted by molar-refractivity contribution is 4.60. The van der Waals surface area contributed by atoms with Gasteiger partial charge in [0.05, 0.1) is 0 Å². The van der Waals surface area contributed by atoms with Crippen molar-refractivity contribution in [2.24, 2.45) is 5.92 Å². The molecule has 0 aromatic heterocycles. The highest BCUT2D eigenvalue weighted by Crippen LogP contribution is 2.22. The molecule has 0 nitrogen and oxygen atoms in total. The first-order chi connectivity index (χ1) is 10.3. The lowest BCUT2D eigenvalue weighted by Gasteiger charge is -2.15. The summed E-state index contributed by atoms with van der Waals surface area (Å²) in [6.07, 6.45) is 24.2. The van der Waals surface area contributed by atoms with Crippen molar-refractivity contribution < 1.29 is 0 Å². The molecular weight excluding hydrogens is 252 g/mol. The number of rotatable bonds is 17. The maximum Gasteiger partial charge on any atom is -0.0414 e. The van der Waals surface area contributed by atoms with Gasteiger partial charge in [0.15, 0.2) is 0 Å². The van der Waals surface area contributed by atoms with Crippen LogP contribution in [-0.4, -0.2) is 0 Å². The molecule has 0 aromatic rings. The topological polar surface area (TPSA) is 0 Å². The summed E-state index contributed by atoms with van der Waals surface area (Å²) in [4.78, 5) is 0. The molecule has 0 spiro atoms. The summed E-state index contributed by atoms with van der Waals surface area (Å²) in [5.41, 5.74) is 0. The monoisotopic (exact) mass is 295 g/mol. The van der Waals surface area contributed by atoms with E-state index >= 15 is 0 Å². The number of unbranched alkanes of at least 4 members (excludes halogenated alkanes) is 11. The van der Waals surface area contributed by atoms with Crippen LogP contribution in [-0.2, 0) is 0 Å². The molecule has 0 fully saturated rings. The van der Waals surface area contributed by atoms with Crippen LogP contribution in [0.15, 0.2) is 0 Å². The fourth-order valence-electron chi connectivity index (χ4n) is 3.37. The zero-order valence-corrected chi connectivity index (χ0v) is 15.3. The Balaban J connectivity index is 3.32. The quantitative estimate of drug-likeness (QED) is 0.238. The van der Waals surface area contributed by atoms with E-state index in [1.54, 1.807) is 0 Å². The van der Waals surface area contributed by atoms with Gasteiger partial charge in [-0.3, -0.25) is 0 Å². The average molecular weight is 296 g/mol. The lowest BCUT2D eigenvalue weighted by Crippen LogP contribution is -2.00. The molecule has 0 bridgehead atoms. The second kappa shape index (κ2) is 18.1. The van der Waals surface area contributed by atoms with Crippen LogP contribution < -0.4 is 0 Å². The maximum absolute atomic E-state index is 3.96. The van der Waals surface area contributed by atoms with Gasteiger partial charge in [-0.1, -0.05) is 130 Å². The van der Waals surface area contributed by atoms with Crippen LogP contribution in [0.5, 0.6) is 0 Å². The largest absolute Gasteiger partial charge is 0.0654 e. The van der Waals surface area contributed by atoms with Gasteiger partial charge in [0.2, 0.25) is 0 Å². The van der Waals surface area contributed by atoms with Crippen molar-refractivity contribution in [3.63, 3.8) is 0 Å². The SMILES string of the molecule is [CH2]CCCCC(CCC)CCCCCCCCCCCC. The molecule has 1 unspecified atom stereocenters. The van der Waals surface area contributed by atoms with E-state index in [0.29, 0.717) is 0 Å². The third-order valence-electron chi connectivity index (χ3n) is 4.78. The minimum Gasteiger partial charge on any atom is -0.0654 e. The first kappa shape index (κ1) is 21.0. The van der Waals surface area contributed by atoms with E-state index in [4.69, 9.17) is 0 Å². The normalized spacial score (nSPS) is 12.7. The Hall–Kier alpha value is 0. The van der Waals surface area contributed by atoms with Gasteiger partial charge in [0.1, 0.15) is 0 Å². The Bertz CT molecular complexity index is 173. The van der Waals surface area contributed by atoms with Gasteiger partial charge in [-0.2, -0.15) is 0 Å². The third kappa shape index (κ3) is 16.2. The van der Waals surface area contributed by atoms with Gasteiger partial charge in [0, 0.05) is 0 Å². The van der Waals surface area contributed by atoms with Crippen molar-refractivity contribution in [1.29, 1.82) is 0 Å². The smallest absolute Gasteiger partial charge is 0.0414 e. The van der Waals surface area contributed by atoms with Gasteiger partial charge in [0.25, 0.3) is 0 Å². The minimum absolute atomic E-state index is 1.01. The number of hydrogen-bond acceptors (Lipinski definition) is 0. The molecule has 0 heterocycles. The summed E-state index contributed by atoms with van der Waals surface area (Å²) in [5, 5.41) is 0. The highest BCUT2D eigenvalue weighted by Gasteiger charge is 2.07. The van der Waals surface area contributed by atoms with Crippen LogP contribution in [0.4, 0.5) is 0 Å². The average Bonchev–Trinajstić information content (AvgIpc) is 2.49. The molecule has 0 amide bonds. The Labute approximate surface area is 136 Å². The Kier molecular flexibility index (Phi) is 18.1. The second-order valence-corrected chi connectivity index (χ2v) is 6.97. The van der Waals surface area contributed by atoms with Gasteiger partial charge in [-0.25, -0.2) is 0 Å². The molecule has 0 N–H and O–H groups in total. The van der Waals surface area contributed by atoms with E-state index < -0.39 is 0 Å². The van der Waals surface area contributed by atoms with E-state index in [-0.39, 0.29) is 0 Å². The first-order valence-electron chi connectivity index (χ1n) is 10.1. The molecule has 0 aliphatic heterocycles. The minimum atomic E-state index is 1.01. The fourth-order valence-corrected chi connectivity index (χ4v) is 3.37. The van der Waals surface area contributed by atoms with E-state index in [0.717, 1.165) is 12.3 Å². The molecule has 1 atom stereocenters. The Morgan fingerprint density at radius 1 is 0.524 bits per heavy atom. The molecule has 0 saturated heterocycles. The second-order valence-electron chi connectivity index (χ2n) is 6.97.